The van der Waals surface area contributed by atoms with Gasteiger partial charge in [-0.05, 0) is 49.6 Å². The Labute approximate surface area is 189 Å². The van der Waals surface area contributed by atoms with E-state index in [1.54, 1.807) is 12.1 Å². The number of hydrazine groups is 1. The number of non-ortho nitro benzene ring substituents is 1. The van der Waals surface area contributed by atoms with Gasteiger partial charge in [0.25, 0.3) is 23.4 Å². The van der Waals surface area contributed by atoms with E-state index in [0.717, 1.165) is 15.6 Å². The highest BCUT2D eigenvalue weighted by Crippen LogP contribution is 2.39. The van der Waals surface area contributed by atoms with Crippen molar-refractivity contribution in [1.82, 2.24) is 10.0 Å². The Kier molecular flexibility index (Phi) is 5.80. The van der Waals surface area contributed by atoms with E-state index in [2.05, 4.69) is 0 Å². The summed E-state index contributed by atoms with van der Waals surface area (Å²) in [5.74, 6) is -2.34. The van der Waals surface area contributed by atoms with Gasteiger partial charge >= 0.3 is 0 Å². The summed E-state index contributed by atoms with van der Waals surface area (Å²) in [6.45, 7) is 1.83. The van der Waals surface area contributed by atoms with Crippen LogP contribution in [-0.2, 0) is 16.1 Å². The summed E-state index contributed by atoms with van der Waals surface area (Å²) in [4.78, 5) is 50.3. The zero-order valence-electron chi connectivity index (χ0n) is 17.2. The third kappa shape index (κ3) is 4.01. The maximum atomic E-state index is 13.4. The number of carbonyl (C=O) groups excluding carboxylic acids is 3. The van der Waals surface area contributed by atoms with Crippen LogP contribution in [0.3, 0.4) is 0 Å². The lowest BCUT2D eigenvalue weighted by Gasteiger charge is -2.30. The fourth-order valence-electron chi connectivity index (χ4n) is 4.13. The van der Waals surface area contributed by atoms with Crippen molar-refractivity contribution in [2.24, 2.45) is 11.8 Å². The molecule has 9 heteroatoms. The van der Waals surface area contributed by atoms with Crippen molar-refractivity contribution in [2.75, 3.05) is 0 Å². The second-order valence-electron chi connectivity index (χ2n) is 7.98. The summed E-state index contributed by atoms with van der Waals surface area (Å²) < 4.78 is 0. The van der Waals surface area contributed by atoms with Gasteiger partial charge in [0, 0.05) is 22.7 Å². The van der Waals surface area contributed by atoms with Gasteiger partial charge in [-0.2, -0.15) is 5.01 Å². The predicted octanol–water partition coefficient (Wildman–Crippen LogP) is 4.15. The first kappa shape index (κ1) is 21.7. The van der Waals surface area contributed by atoms with Crippen LogP contribution >= 0.6 is 11.6 Å². The Morgan fingerprint density at radius 3 is 2.34 bits per heavy atom. The van der Waals surface area contributed by atoms with Gasteiger partial charge in [0.2, 0.25) is 0 Å². The van der Waals surface area contributed by atoms with Crippen LogP contribution in [0.4, 0.5) is 5.69 Å². The number of halogens is 1. The number of hydrogen-bond acceptors (Lipinski definition) is 5. The Morgan fingerprint density at radius 2 is 1.72 bits per heavy atom. The number of fused-ring (bicyclic) bond motifs is 1. The van der Waals surface area contributed by atoms with Gasteiger partial charge in [-0.15, -0.1) is 0 Å². The number of benzene rings is 2. The van der Waals surface area contributed by atoms with Gasteiger partial charge in [-0.1, -0.05) is 35.4 Å². The van der Waals surface area contributed by atoms with Crippen LogP contribution in [0.25, 0.3) is 0 Å². The van der Waals surface area contributed by atoms with Gasteiger partial charge in [-0.3, -0.25) is 24.5 Å². The van der Waals surface area contributed by atoms with Crippen molar-refractivity contribution in [3.05, 3.63) is 86.4 Å². The van der Waals surface area contributed by atoms with Gasteiger partial charge in [0.1, 0.15) is 0 Å². The number of rotatable bonds is 5. The van der Waals surface area contributed by atoms with Crippen molar-refractivity contribution in [3.8, 4) is 0 Å². The van der Waals surface area contributed by atoms with E-state index in [9.17, 15) is 24.5 Å². The Balaban J connectivity index is 1.69. The molecule has 3 amide bonds. The minimum absolute atomic E-state index is 0.0924. The molecule has 1 aliphatic heterocycles. The number of nitro groups is 1. The summed E-state index contributed by atoms with van der Waals surface area (Å²) in [6, 6.07) is 11.8. The van der Waals surface area contributed by atoms with Crippen molar-refractivity contribution >= 4 is 35.0 Å². The number of nitrogens with zero attached hydrogens (tertiary/aromatic N) is 3. The molecule has 32 heavy (non-hydrogen) atoms. The average Bonchev–Trinajstić information content (AvgIpc) is 3.02. The second kappa shape index (κ2) is 8.55. The van der Waals surface area contributed by atoms with E-state index in [4.69, 9.17) is 11.6 Å². The molecular formula is C23H20ClN3O5. The van der Waals surface area contributed by atoms with Crippen LogP contribution < -0.4 is 0 Å². The summed E-state index contributed by atoms with van der Waals surface area (Å²) in [5.41, 5.74) is 1.76. The number of hydrogen-bond donors (Lipinski definition) is 0. The molecule has 0 aromatic heterocycles. The summed E-state index contributed by atoms with van der Waals surface area (Å²) in [5, 5.41) is 13.5. The average molecular weight is 454 g/mol. The van der Waals surface area contributed by atoms with Crippen molar-refractivity contribution < 1.29 is 19.3 Å². The highest BCUT2D eigenvalue weighted by Gasteiger charge is 2.51. The molecule has 1 fully saturated rings. The molecule has 0 bridgehead atoms. The lowest BCUT2D eigenvalue weighted by atomic mass is 9.82. The summed E-state index contributed by atoms with van der Waals surface area (Å²) in [6.07, 6.45) is 2.89. The molecule has 164 valence electrons. The molecule has 0 unspecified atom stereocenters. The Morgan fingerprint density at radius 1 is 1.09 bits per heavy atom. The topological polar surface area (TPSA) is 101 Å². The molecule has 2 aromatic carbocycles. The molecule has 1 heterocycles. The molecule has 1 saturated heterocycles. The lowest BCUT2D eigenvalue weighted by Crippen LogP contribution is -2.49. The van der Waals surface area contributed by atoms with Crippen LogP contribution in [0, 0.1) is 22.0 Å². The van der Waals surface area contributed by atoms with Crippen molar-refractivity contribution in [2.45, 2.75) is 26.3 Å². The first-order valence-electron chi connectivity index (χ1n) is 10.1. The van der Waals surface area contributed by atoms with E-state index >= 15 is 0 Å². The van der Waals surface area contributed by atoms with Gasteiger partial charge in [0.15, 0.2) is 0 Å². The standard InChI is InChI=1S/C23H20ClN3O5/c1-14-2-11-19-20(12-14)23(30)26(22(19)29)25(21(28)16-5-7-17(24)8-6-16)13-15-3-9-18(10-4-15)27(31)32/h2-10,19-20H,11-13H2,1H3/t19-,20+/m1/s1. The number of nitro benzene ring substituents is 1. The van der Waals surface area contributed by atoms with Gasteiger partial charge < -0.3 is 0 Å². The monoisotopic (exact) mass is 453 g/mol. The largest absolute Gasteiger partial charge is 0.273 e. The van der Waals surface area contributed by atoms with E-state index < -0.39 is 34.5 Å². The minimum atomic E-state index is -0.537. The molecule has 2 atom stereocenters. The molecule has 4 rings (SSSR count). The zero-order valence-corrected chi connectivity index (χ0v) is 18.0. The fourth-order valence-corrected chi connectivity index (χ4v) is 4.25. The van der Waals surface area contributed by atoms with Gasteiger partial charge in [-0.25, -0.2) is 5.01 Å². The van der Waals surface area contributed by atoms with Crippen molar-refractivity contribution in [3.63, 3.8) is 0 Å². The van der Waals surface area contributed by atoms with Crippen LogP contribution in [-0.4, -0.2) is 32.7 Å². The third-order valence-electron chi connectivity index (χ3n) is 5.85. The quantitative estimate of drug-likeness (QED) is 0.293. The smallest absolute Gasteiger partial charge is 0.272 e. The van der Waals surface area contributed by atoms with Crippen molar-refractivity contribution in [1.29, 1.82) is 0 Å². The number of allylic oxidation sites excluding steroid dienone is 2. The third-order valence-corrected chi connectivity index (χ3v) is 6.10. The van der Waals surface area contributed by atoms with E-state index in [0.29, 0.717) is 23.4 Å². The molecule has 2 aliphatic rings. The summed E-state index contributed by atoms with van der Waals surface area (Å²) >= 11 is 5.93. The first-order chi connectivity index (χ1) is 15.3. The molecule has 0 N–H and O–H groups in total. The summed E-state index contributed by atoms with van der Waals surface area (Å²) in [7, 11) is 0. The number of amides is 3. The van der Waals surface area contributed by atoms with Crippen LogP contribution in [0.15, 0.2) is 60.2 Å². The van der Waals surface area contributed by atoms with Gasteiger partial charge in [0.05, 0.1) is 23.3 Å². The number of imide groups is 1. The van der Waals surface area contributed by atoms with E-state index in [1.807, 2.05) is 13.0 Å². The molecular weight excluding hydrogens is 434 g/mol. The molecule has 8 nitrogen and oxygen atoms in total. The first-order valence-corrected chi connectivity index (χ1v) is 10.5. The number of carbonyl (C=O) groups is 3. The van der Waals surface area contributed by atoms with Crippen LogP contribution in [0.5, 0.6) is 0 Å². The molecule has 1 aliphatic carbocycles. The highest BCUT2D eigenvalue weighted by atomic mass is 35.5. The molecule has 2 aromatic rings. The Bertz CT molecular complexity index is 1130. The minimum Gasteiger partial charge on any atom is -0.272 e. The zero-order chi connectivity index (χ0) is 23.0. The van der Waals surface area contributed by atoms with E-state index in [1.165, 1.54) is 36.4 Å². The van der Waals surface area contributed by atoms with Crippen LogP contribution in [0.2, 0.25) is 5.02 Å². The maximum absolute atomic E-state index is 13.4. The highest BCUT2D eigenvalue weighted by molar-refractivity contribution is 6.30. The lowest BCUT2D eigenvalue weighted by molar-refractivity contribution is -0.384. The predicted molar refractivity (Wildman–Crippen MR) is 116 cm³/mol. The molecule has 0 saturated carbocycles. The normalized spacial score (nSPS) is 20.1. The second-order valence-corrected chi connectivity index (χ2v) is 8.42. The Hall–Kier alpha value is -3.52. The SMILES string of the molecule is CC1=CC[C@H]2C(=O)N(N(Cc3ccc([N+](=O)[O-])cc3)C(=O)c3ccc(Cl)cc3)C(=O)[C@H]2C1. The fraction of sp³-hybridized carbons (Fsp3) is 0.261. The van der Waals surface area contributed by atoms with E-state index in [-0.39, 0.29) is 17.8 Å². The van der Waals surface area contributed by atoms with Crippen LogP contribution in [0.1, 0.15) is 35.7 Å². The maximum Gasteiger partial charge on any atom is 0.273 e. The molecule has 0 radical (unpaired) electrons. The molecule has 0 spiro atoms.